The molecule has 0 fully saturated rings. The zero-order chi connectivity index (χ0) is 18.1. The first-order valence-corrected chi connectivity index (χ1v) is 8.19. The van der Waals surface area contributed by atoms with E-state index in [-0.39, 0.29) is 22.9 Å². The lowest BCUT2D eigenvalue weighted by Crippen LogP contribution is -2.33. The lowest BCUT2D eigenvalue weighted by molar-refractivity contribution is -0.385. The Morgan fingerprint density at radius 1 is 1.08 bits per heavy atom. The van der Waals surface area contributed by atoms with Gasteiger partial charge in [-0.05, 0) is 12.8 Å². The third-order valence-corrected chi connectivity index (χ3v) is 3.78. The lowest BCUT2D eigenvalue weighted by atomic mass is 10.1. The van der Waals surface area contributed by atoms with Gasteiger partial charge in [0, 0.05) is 19.2 Å². The van der Waals surface area contributed by atoms with Crippen LogP contribution in [-0.2, 0) is 0 Å². The number of unbranched alkanes of at least 4 members (excludes halogenated alkanes) is 2. The Hall–Kier alpha value is -2.31. The maximum absolute atomic E-state index is 12.9. The van der Waals surface area contributed by atoms with Gasteiger partial charge in [-0.25, -0.2) is 0 Å². The van der Waals surface area contributed by atoms with E-state index in [9.17, 15) is 14.9 Å². The van der Waals surface area contributed by atoms with Gasteiger partial charge >= 0.3 is 0 Å². The average molecular weight is 338 g/mol. The average Bonchev–Trinajstić information content (AvgIpc) is 2.59. The smallest absolute Gasteiger partial charge is 0.286 e. The Morgan fingerprint density at radius 3 is 2.00 bits per heavy atom. The number of amides is 1. The van der Waals surface area contributed by atoms with Gasteiger partial charge in [0.2, 0.25) is 0 Å². The molecule has 0 aliphatic carbocycles. The first-order valence-electron chi connectivity index (χ1n) is 8.19. The van der Waals surface area contributed by atoms with Gasteiger partial charge in [-0.1, -0.05) is 26.7 Å². The molecular formula is C17H26N2O5. The zero-order valence-corrected chi connectivity index (χ0v) is 14.8. The predicted molar refractivity (Wildman–Crippen MR) is 91.9 cm³/mol. The highest BCUT2D eigenvalue weighted by Crippen LogP contribution is 2.35. The maximum atomic E-state index is 12.9. The normalized spacial score (nSPS) is 10.3. The van der Waals surface area contributed by atoms with Crippen molar-refractivity contribution < 1.29 is 19.2 Å². The van der Waals surface area contributed by atoms with Gasteiger partial charge in [0.25, 0.3) is 11.6 Å². The van der Waals surface area contributed by atoms with Crippen LogP contribution in [0, 0.1) is 10.1 Å². The monoisotopic (exact) mass is 338 g/mol. The molecular weight excluding hydrogens is 312 g/mol. The van der Waals surface area contributed by atoms with Crippen molar-refractivity contribution in [2.75, 3.05) is 27.3 Å². The molecule has 0 unspecified atom stereocenters. The first kappa shape index (κ1) is 19.7. The van der Waals surface area contributed by atoms with Crippen LogP contribution in [0.1, 0.15) is 49.9 Å². The molecule has 0 radical (unpaired) electrons. The number of rotatable bonds is 10. The second-order valence-electron chi connectivity index (χ2n) is 5.48. The number of nitro benzene ring substituents is 1. The summed E-state index contributed by atoms with van der Waals surface area (Å²) in [4.78, 5) is 25.4. The molecule has 134 valence electrons. The molecule has 0 atom stereocenters. The fraction of sp³-hybridized carbons (Fsp3) is 0.588. The first-order chi connectivity index (χ1) is 11.5. The van der Waals surface area contributed by atoms with Gasteiger partial charge in [0.15, 0.2) is 11.5 Å². The largest absolute Gasteiger partial charge is 0.493 e. The summed E-state index contributed by atoms with van der Waals surface area (Å²) in [5.74, 6) is 0.191. The van der Waals surface area contributed by atoms with E-state index in [0.29, 0.717) is 18.8 Å². The van der Waals surface area contributed by atoms with E-state index in [2.05, 4.69) is 0 Å². The zero-order valence-electron chi connectivity index (χ0n) is 14.8. The minimum Gasteiger partial charge on any atom is -0.493 e. The number of carbonyl (C=O) groups excluding carboxylic acids is 1. The molecule has 24 heavy (non-hydrogen) atoms. The molecule has 7 heteroatoms. The highest BCUT2D eigenvalue weighted by molar-refractivity contribution is 5.99. The van der Waals surface area contributed by atoms with Crippen molar-refractivity contribution in [3.05, 3.63) is 27.8 Å². The fourth-order valence-electron chi connectivity index (χ4n) is 2.37. The van der Waals surface area contributed by atoms with Gasteiger partial charge in [-0.3, -0.25) is 14.9 Å². The van der Waals surface area contributed by atoms with E-state index in [1.165, 1.54) is 26.4 Å². The Labute approximate surface area is 142 Å². The molecule has 7 nitrogen and oxygen atoms in total. The third-order valence-electron chi connectivity index (χ3n) is 3.78. The van der Waals surface area contributed by atoms with E-state index >= 15 is 0 Å². The van der Waals surface area contributed by atoms with E-state index < -0.39 is 4.92 Å². The van der Waals surface area contributed by atoms with Crippen LogP contribution in [0.25, 0.3) is 0 Å². The number of methoxy groups -OCH3 is 2. The molecule has 0 heterocycles. The van der Waals surface area contributed by atoms with Gasteiger partial charge in [0.1, 0.15) is 5.56 Å². The number of carbonyl (C=O) groups is 1. The van der Waals surface area contributed by atoms with Crippen LogP contribution in [0.3, 0.4) is 0 Å². The van der Waals surface area contributed by atoms with Crippen LogP contribution in [0.5, 0.6) is 11.5 Å². The fourth-order valence-corrected chi connectivity index (χ4v) is 2.37. The Kier molecular flexibility index (Phi) is 8.01. The molecule has 0 saturated carbocycles. The second kappa shape index (κ2) is 9.75. The Morgan fingerprint density at radius 2 is 1.58 bits per heavy atom. The maximum Gasteiger partial charge on any atom is 0.286 e. The molecule has 0 aromatic heterocycles. The molecule has 1 aromatic carbocycles. The van der Waals surface area contributed by atoms with E-state index in [1.807, 2.05) is 13.8 Å². The van der Waals surface area contributed by atoms with Crippen molar-refractivity contribution in [2.24, 2.45) is 0 Å². The van der Waals surface area contributed by atoms with Crippen LogP contribution in [0.2, 0.25) is 0 Å². The third kappa shape index (κ3) is 4.84. The van der Waals surface area contributed by atoms with Crippen molar-refractivity contribution in [1.29, 1.82) is 0 Å². The molecule has 0 N–H and O–H groups in total. The summed E-state index contributed by atoms with van der Waals surface area (Å²) >= 11 is 0. The number of benzene rings is 1. The second-order valence-corrected chi connectivity index (χ2v) is 5.48. The minimum atomic E-state index is -0.562. The highest BCUT2D eigenvalue weighted by Gasteiger charge is 2.27. The molecule has 0 aliphatic rings. The lowest BCUT2D eigenvalue weighted by Gasteiger charge is -2.23. The van der Waals surface area contributed by atoms with Gasteiger partial charge in [-0.15, -0.1) is 0 Å². The number of nitrogens with zero attached hydrogens (tertiary/aromatic N) is 2. The molecule has 0 bridgehead atoms. The minimum absolute atomic E-state index is 0.0323. The van der Waals surface area contributed by atoms with Crippen LogP contribution in [0.4, 0.5) is 5.69 Å². The number of hydrogen-bond donors (Lipinski definition) is 0. The number of ether oxygens (including phenoxy) is 2. The van der Waals surface area contributed by atoms with Crippen LogP contribution >= 0.6 is 0 Å². The molecule has 0 spiro atoms. The Bertz CT molecular complexity index is 566. The van der Waals surface area contributed by atoms with Crippen molar-refractivity contribution >= 4 is 11.6 Å². The molecule has 1 amide bonds. The quantitative estimate of drug-likeness (QED) is 0.480. The topological polar surface area (TPSA) is 81.9 Å². The molecule has 0 saturated heterocycles. The molecule has 1 rings (SSSR count). The van der Waals surface area contributed by atoms with Crippen LogP contribution < -0.4 is 9.47 Å². The van der Waals surface area contributed by atoms with Gasteiger partial charge in [-0.2, -0.15) is 0 Å². The van der Waals surface area contributed by atoms with Crippen molar-refractivity contribution in [1.82, 2.24) is 4.90 Å². The summed E-state index contributed by atoms with van der Waals surface area (Å²) in [7, 11) is 2.84. The van der Waals surface area contributed by atoms with Crippen molar-refractivity contribution in [2.45, 2.75) is 39.5 Å². The summed E-state index contributed by atoms with van der Waals surface area (Å²) in [6.45, 7) is 5.25. The van der Waals surface area contributed by atoms with E-state index in [0.717, 1.165) is 25.7 Å². The molecule has 1 aromatic rings. The number of hydrogen-bond acceptors (Lipinski definition) is 5. The summed E-state index contributed by atoms with van der Waals surface area (Å²) in [6.07, 6.45) is 3.61. The van der Waals surface area contributed by atoms with E-state index in [1.54, 1.807) is 4.90 Å². The highest BCUT2D eigenvalue weighted by atomic mass is 16.6. The standard InChI is InChI=1S/C17H26N2O5/c1-5-7-9-18(10-8-6-2)17(20)13-11-15(23-3)16(24-4)12-14(13)19(21)22/h11-12H,5-10H2,1-4H3. The van der Waals surface area contributed by atoms with Gasteiger partial charge < -0.3 is 14.4 Å². The predicted octanol–water partition coefficient (Wildman–Crippen LogP) is 3.65. The Balaban J connectivity index is 3.27. The summed E-state index contributed by atoms with van der Waals surface area (Å²) in [5.41, 5.74) is -0.236. The van der Waals surface area contributed by atoms with Crippen LogP contribution in [-0.4, -0.2) is 43.0 Å². The molecule has 0 aliphatic heterocycles. The summed E-state index contributed by atoms with van der Waals surface area (Å²) in [6, 6.07) is 2.63. The van der Waals surface area contributed by atoms with Gasteiger partial charge in [0.05, 0.1) is 25.2 Å². The summed E-state index contributed by atoms with van der Waals surface area (Å²) in [5, 5.41) is 11.4. The van der Waals surface area contributed by atoms with Crippen molar-refractivity contribution in [3.8, 4) is 11.5 Å². The van der Waals surface area contributed by atoms with Crippen molar-refractivity contribution in [3.63, 3.8) is 0 Å². The number of nitro groups is 1. The van der Waals surface area contributed by atoms with Crippen LogP contribution in [0.15, 0.2) is 12.1 Å². The SMILES string of the molecule is CCCCN(CCCC)C(=O)c1cc(OC)c(OC)cc1[N+](=O)[O-]. The summed E-state index contributed by atoms with van der Waals surface area (Å²) < 4.78 is 10.3. The van der Waals surface area contributed by atoms with E-state index in [4.69, 9.17) is 9.47 Å².